The Morgan fingerprint density at radius 2 is 2.10 bits per heavy atom. The van der Waals surface area contributed by atoms with E-state index in [-0.39, 0.29) is 5.56 Å². The zero-order valence-corrected chi connectivity index (χ0v) is 12.2. The van der Waals surface area contributed by atoms with Crippen molar-refractivity contribution in [2.24, 2.45) is 0 Å². The quantitative estimate of drug-likeness (QED) is 0.548. The van der Waals surface area contributed by atoms with E-state index in [9.17, 15) is 4.79 Å². The number of rotatable bonds is 4. The summed E-state index contributed by atoms with van der Waals surface area (Å²) in [6, 6.07) is 7.99. The number of imidazole rings is 1. The molecule has 5 nitrogen and oxygen atoms in total. The van der Waals surface area contributed by atoms with E-state index in [1.807, 2.05) is 41.2 Å². The predicted octanol–water partition coefficient (Wildman–Crippen LogP) is 2.52. The maximum Gasteiger partial charge on any atom is 0.273 e. The molecule has 0 amide bonds. The Labute approximate surface area is 125 Å². The van der Waals surface area contributed by atoms with Crippen molar-refractivity contribution in [3.63, 3.8) is 0 Å². The maximum absolute atomic E-state index is 11.5. The van der Waals surface area contributed by atoms with Crippen LogP contribution >= 0.6 is 11.8 Å². The molecule has 0 N–H and O–H groups in total. The molecule has 1 aliphatic carbocycles. The van der Waals surface area contributed by atoms with E-state index in [4.69, 9.17) is 0 Å². The number of hydrogen-bond acceptors (Lipinski definition) is 4. The van der Waals surface area contributed by atoms with Gasteiger partial charge in [0.05, 0.1) is 5.69 Å². The lowest BCUT2D eigenvalue weighted by Crippen LogP contribution is -2.12. The van der Waals surface area contributed by atoms with E-state index < -0.39 is 0 Å². The summed E-state index contributed by atoms with van der Waals surface area (Å²) in [5, 5.41) is 0.794. The van der Waals surface area contributed by atoms with Gasteiger partial charge in [0.2, 0.25) is 0 Å². The molecule has 0 atom stereocenters. The summed E-state index contributed by atoms with van der Waals surface area (Å²) < 4.78 is 4.12. The van der Waals surface area contributed by atoms with Crippen LogP contribution in [0.4, 0.5) is 0 Å². The van der Waals surface area contributed by atoms with Crippen molar-refractivity contribution in [1.29, 1.82) is 0 Å². The van der Waals surface area contributed by atoms with Gasteiger partial charge in [-0.3, -0.25) is 4.79 Å². The molecule has 3 aromatic rings. The Balaban J connectivity index is 1.58. The minimum Gasteiger partial charge on any atom is -0.324 e. The third-order valence-electron chi connectivity index (χ3n) is 3.51. The molecule has 4 rings (SSSR count). The summed E-state index contributed by atoms with van der Waals surface area (Å²) in [5.74, 6) is 0.713. The Kier molecular flexibility index (Phi) is 3.03. The molecule has 1 fully saturated rings. The first kappa shape index (κ1) is 12.6. The van der Waals surface area contributed by atoms with Gasteiger partial charge >= 0.3 is 0 Å². The van der Waals surface area contributed by atoms with E-state index >= 15 is 0 Å². The summed E-state index contributed by atoms with van der Waals surface area (Å²) in [5.41, 5.74) is 1.75. The third kappa shape index (κ3) is 2.58. The van der Waals surface area contributed by atoms with Gasteiger partial charge in [-0.2, -0.15) is 4.98 Å². The first-order chi connectivity index (χ1) is 10.3. The van der Waals surface area contributed by atoms with Crippen LogP contribution in [0, 0.1) is 0 Å². The van der Waals surface area contributed by atoms with Gasteiger partial charge in [-0.1, -0.05) is 17.8 Å². The van der Waals surface area contributed by atoms with Gasteiger partial charge in [-0.05, 0) is 25.0 Å². The van der Waals surface area contributed by atoms with Crippen molar-refractivity contribution in [2.45, 2.75) is 29.8 Å². The predicted molar refractivity (Wildman–Crippen MR) is 81.5 cm³/mol. The minimum absolute atomic E-state index is 0.176. The Morgan fingerprint density at radius 3 is 2.90 bits per heavy atom. The Hall–Kier alpha value is -2.08. The molecule has 0 saturated heterocycles. The van der Waals surface area contributed by atoms with Crippen LogP contribution in [-0.4, -0.2) is 18.9 Å². The lowest BCUT2D eigenvalue weighted by atomic mass is 10.5. The molecular formula is C15H14N4OS. The Morgan fingerprint density at radius 1 is 1.19 bits per heavy atom. The average Bonchev–Trinajstić information content (AvgIpc) is 3.24. The van der Waals surface area contributed by atoms with E-state index in [1.54, 1.807) is 11.8 Å². The molecule has 0 radical (unpaired) electrons. The van der Waals surface area contributed by atoms with Crippen LogP contribution in [0.1, 0.15) is 24.6 Å². The van der Waals surface area contributed by atoms with Gasteiger partial charge in [0, 0.05) is 36.5 Å². The number of hydrogen-bond donors (Lipinski definition) is 0. The standard InChI is InChI=1S/C15H14N4OS/c20-14-6-8-19(12-4-5-12)15(17-14)21-10-11-9-18-7-2-1-3-13(18)16-11/h1-3,6-9,12H,4-5,10H2. The van der Waals surface area contributed by atoms with Gasteiger partial charge in [-0.15, -0.1) is 0 Å². The van der Waals surface area contributed by atoms with Crippen LogP contribution in [0.5, 0.6) is 0 Å². The first-order valence-corrected chi connectivity index (χ1v) is 7.93. The number of pyridine rings is 1. The zero-order valence-electron chi connectivity index (χ0n) is 11.3. The van der Waals surface area contributed by atoms with Gasteiger partial charge < -0.3 is 8.97 Å². The SMILES string of the molecule is O=c1ccn(C2CC2)c(SCc2cn3ccccc3n2)n1. The smallest absolute Gasteiger partial charge is 0.273 e. The highest BCUT2D eigenvalue weighted by molar-refractivity contribution is 7.98. The monoisotopic (exact) mass is 298 g/mol. The van der Waals surface area contributed by atoms with Crippen molar-refractivity contribution < 1.29 is 0 Å². The molecule has 3 aromatic heterocycles. The Bertz CT molecular complexity index is 817. The molecule has 106 valence electrons. The maximum atomic E-state index is 11.5. The lowest BCUT2D eigenvalue weighted by molar-refractivity contribution is 0.624. The second kappa shape index (κ2) is 5.04. The largest absolute Gasteiger partial charge is 0.324 e. The fourth-order valence-corrected chi connectivity index (χ4v) is 3.26. The molecular weight excluding hydrogens is 284 g/mol. The highest BCUT2D eigenvalue weighted by Crippen LogP contribution is 2.37. The normalized spacial score (nSPS) is 14.7. The second-order valence-corrected chi connectivity index (χ2v) is 6.12. The van der Waals surface area contributed by atoms with E-state index in [0.717, 1.165) is 16.5 Å². The summed E-state index contributed by atoms with van der Waals surface area (Å²) in [6.07, 6.45) is 8.21. The van der Waals surface area contributed by atoms with Crippen LogP contribution in [0.15, 0.2) is 52.8 Å². The third-order valence-corrected chi connectivity index (χ3v) is 4.51. The summed E-state index contributed by atoms with van der Waals surface area (Å²) in [6.45, 7) is 0. The number of thioether (sulfide) groups is 1. The number of nitrogens with zero attached hydrogens (tertiary/aromatic N) is 4. The number of fused-ring (bicyclic) bond motifs is 1. The van der Waals surface area contributed by atoms with E-state index in [1.165, 1.54) is 18.9 Å². The number of aromatic nitrogens is 4. The highest BCUT2D eigenvalue weighted by atomic mass is 32.2. The van der Waals surface area contributed by atoms with Crippen LogP contribution in [0.2, 0.25) is 0 Å². The van der Waals surface area contributed by atoms with Crippen LogP contribution in [0.3, 0.4) is 0 Å². The first-order valence-electron chi connectivity index (χ1n) is 6.94. The van der Waals surface area contributed by atoms with Crippen molar-refractivity contribution in [2.75, 3.05) is 0 Å². The summed E-state index contributed by atoms with van der Waals surface area (Å²) in [4.78, 5) is 20.2. The van der Waals surface area contributed by atoms with Gasteiger partial charge in [0.25, 0.3) is 5.56 Å². The molecule has 0 aromatic carbocycles. The van der Waals surface area contributed by atoms with E-state index in [0.29, 0.717) is 11.8 Å². The van der Waals surface area contributed by atoms with Crippen molar-refractivity contribution in [1.82, 2.24) is 18.9 Å². The van der Waals surface area contributed by atoms with Crippen molar-refractivity contribution >= 4 is 17.4 Å². The highest BCUT2D eigenvalue weighted by Gasteiger charge is 2.25. The van der Waals surface area contributed by atoms with Gasteiger partial charge in [-0.25, -0.2) is 4.98 Å². The van der Waals surface area contributed by atoms with Crippen LogP contribution in [-0.2, 0) is 5.75 Å². The zero-order chi connectivity index (χ0) is 14.2. The molecule has 0 aliphatic heterocycles. The van der Waals surface area contributed by atoms with Crippen molar-refractivity contribution in [3.05, 3.63) is 58.9 Å². The summed E-state index contributed by atoms with van der Waals surface area (Å²) >= 11 is 1.57. The molecule has 6 heteroatoms. The topological polar surface area (TPSA) is 52.2 Å². The van der Waals surface area contributed by atoms with Crippen LogP contribution in [0.25, 0.3) is 5.65 Å². The fourth-order valence-electron chi connectivity index (χ4n) is 2.33. The average molecular weight is 298 g/mol. The molecule has 0 unspecified atom stereocenters. The molecule has 0 spiro atoms. The van der Waals surface area contributed by atoms with E-state index in [2.05, 4.69) is 14.5 Å². The lowest BCUT2D eigenvalue weighted by Gasteiger charge is -2.09. The molecule has 1 saturated carbocycles. The fraction of sp³-hybridized carbons (Fsp3) is 0.267. The molecule has 1 aliphatic rings. The van der Waals surface area contributed by atoms with Crippen LogP contribution < -0.4 is 5.56 Å². The molecule has 3 heterocycles. The van der Waals surface area contributed by atoms with Gasteiger partial charge in [0.15, 0.2) is 5.16 Å². The second-order valence-electron chi connectivity index (χ2n) is 5.17. The van der Waals surface area contributed by atoms with Gasteiger partial charge in [0.1, 0.15) is 5.65 Å². The molecule has 0 bridgehead atoms. The minimum atomic E-state index is -0.176. The van der Waals surface area contributed by atoms with Crippen molar-refractivity contribution in [3.8, 4) is 0 Å². The molecule has 21 heavy (non-hydrogen) atoms. The summed E-state index contributed by atoms with van der Waals surface area (Å²) in [7, 11) is 0.